The van der Waals surface area contributed by atoms with Gasteiger partial charge in [0.25, 0.3) is 0 Å². The standard InChI is InChI=1S/C13H18N2O4S2/c1-8(13-14-4-5-20-13)6-15-21(17,18)12-10(3)19-9(2)11(12)7-16/h4-5,8,15-16H,6-7H2,1-3H3. The normalized spacial score (nSPS) is 13.5. The minimum absolute atomic E-state index is 0.0225. The molecule has 0 fully saturated rings. The van der Waals surface area contributed by atoms with E-state index in [2.05, 4.69) is 9.71 Å². The Labute approximate surface area is 127 Å². The maximum Gasteiger partial charge on any atom is 0.244 e. The number of hydrogen-bond donors (Lipinski definition) is 2. The molecule has 2 rings (SSSR count). The number of nitrogens with zero attached hydrogens (tertiary/aromatic N) is 1. The second-order valence-corrected chi connectivity index (χ2v) is 7.43. The second-order valence-electron chi connectivity index (χ2n) is 4.80. The molecule has 2 heterocycles. The predicted octanol–water partition coefficient (Wildman–Crippen LogP) is 1.93. The first kappa shape index (κ1) is 16.2. The van der Waals surface area contributed by atoms with Gasteiger partial charge in [-0.1, -0.05) is 6.92 Å². The molecular formula is C13H18N2O4S2. The van der Waals surface area contributed by atoms with Crippen LogP contribution in [0.25, 0.3) is 0 Å². The number of nitrogens with one attached hydrogen (secondary N) is 1. The average molecular weight is 330 g/mol. The van der Waals surface area contributed by atoms with Crippen LogP contribution in [0.4, 0.5) is 0 Å². The predicted molar refractivity (Wildman–Crippen MR) is 79.8 cm³/mol. The van der Waals surface area contributed by atoms with E-state index in [0.717, 1.165) is 5.01 Å². The van der Waals surface area contributed by atoms with Gasteiger partial charge in [-0.25, -0.2) is 18.1 Å². The van der Waals surface area contributed by atoms with Crippen LogP contribution in [0.2, 0.25) is 0 Å². The minimum atomic E-state index is -3.73. The SMILES string of the molecule is Cc1oc(C)c(S(=O)(=O)NCC(C)c2nccs2)c1CO. The maximum absolute atomic E-state index is 12.4. The van der Waals surface area contributed by atoms with E-state index in [4.69, 9.17) is 4.42 Å². The van der Waals surface area contributed by atoms with Gasteiger partial charge in [0.2, 0.25) is 10.0 Å². The zero-order chi connectivity index (χ0) is 15.6. The smallest absolute Gasteiger partial charge is 0.244 e. The minimum Gasteiger partial charge on any atom is -0.465 e. The summed E-state index contributed by atoms with van der Waals surface area (Å²) in [6.07, 6.45) is 1.69. The summed E-state index contributed by atoms with van der Waals surface area (Å²) in [5.41, 5.74) is 0.307. The Morgan fingerprint density at radius 3 is 2.71 bits per heavy atom. The van der Waals surface area contributed by atoms with Crippen molar-refractivity contribution in [3.05, 3.63) is 33.7 Å². The van der Waals surface area contributed by atoms with Crippen molar-refractivity contribution in [2.75, 3.05) is 6.54 Å². The van der Waals surface area contributed by atoms with Gasteiger partial charge >= 0.3 is 0 Å². The van der Waals surface area contributed by atoms with Crippen LogP contribution >= 0.6 is 11.3 Å². The van der Waals surface area contributed by atoms with Gasteiger partial charge in [0, 0.05) is 29.6 Å². The third-order valence-electron chi connectivity index (χ3n) is 3.20. The van der Waals surface area contributed by atoms with Gasteiger partial charge in [0.05, 0.1) is 11.6 Å². The Bertz CT molecular complexity index is 705. The molecule has 1 unspecified atom stereocenters. The summed E-state index contributed by atoms with van der Waals surface area (Å²) < 4.78 is 32.7. The molecule has 8 heteroatoms. The van der Waals surface area contributed by atoms with Crippen molar-refractivity contribution in [3.63, 3.8) is 0 Å². The number of aromatic nitrogens is 1. The summed E-state index contributed by atoms with van der Waals surface area (Å²) in [5.74, 6) is 0.681. The highest BCUT2D eigenvalue weighted by Crippen LogP contribution is 2.27. The number of aliphatic hydroxyl groups is 1. The fraction of sp³-hybridized carbons (Fsp3) is 0.462. The van der Waals surface area contributed by atoms with E-state index in [9.17, 15) is 13.5 Å². The molecule has 0 amide bonds. The van der Waals surface area contributed by atoms with E-state index in [-0.39, 0.29) is 29.7 Å². The molecule has 2 N–H and O–H groups in total. The van der Waals surface area contributed by atoms with Crippen molar-refractivity contribution in [1.29, 1.82) is 0 Å². The second kappa shape index (κ2) is 6.27. The van der Waals surface area contributed by atoms with Crippen LogP contribution in [0.15, 0.2) is 20.9 Å². The molecule has 2 aromatic rings. The monoisotopic (exact) mass is 330 g/mol. The number of rotatable bonds is 6. The van der Waals surface area contributed by atoms with Crippen molar-refractivity contribution < 1.29 is 17.9 Å². The molecule has 0 aliphatic rings. The zero-order valence-electron chi connectivity index (χ0n) is 12.1. The number of hydrogen-bond acceptors (Lipinski definition) is 6. The van der Waals surface area contributed by atoms with E-state index in [1.54, 1.807) is 20.0 Å². The average Bonchev–Trinajstić information content (AvgIpc) is 3.03. The molecule has 2 aromatic heterocycles. The third-order valence-corrected chi connectivity index (χ3v) is 5.83. The van der Waals surface area contributed by atoms with Crippen LogP contribution in [0.5, 0.6) is 0 Å². The lowest BCUT2D eigenvalue weighted by molar-refractivity contribution is 0.276. The quantitative estimate of drug-likeness (QED) is 0.844. The van der Waals surface area contributed by atoms with Crippen molar-refractivity contribution in [3.8, 4) is 0 Å². The van der Waals surface area contributed by atoms with Crippen molar-refractivity contribution in [2.24, 2.45) is 0 Å². The van der Waals surface area contributed by atoms with Crippen LogP contribution < -0.4 is 4.72 Å². The van der Waals surface area contributed by atoms with Gasteiger partial charge in [0.1, 0.15) is 16.4 Å². The molecule has 0 radical (unpaired) electrons. The highest BCUT2D eigenvalue weighted by atomic mass is 32.2. The summed E-state index contributed by atoms with van der Waals surface area (Å²) in [6, 6.07) is 0. The van der Waals surface area contributed by atoms with Gasteiger partial charge < -0.3 is 9.52 Å². The Kier molecular flexibility index (Phi) is 4.82. The Balaban J connectivity index is 2.19. The fourth-order valence-corrected chi connectivity index (χ4v) is 4.38. The topological polar surface area (TPSA) is 92.4 Å². The van der Waals surface area contributed by atoms with Crippen LogP contribution in [-0.2, 0) is 16.6 Å². The highest BCUT2D eigenvalue weighted by Gasteiger charge is 2.27. The molecule has 21 heavy (non-hydrogen) atoms. The molecule has 116 valence electrons. The van der Waals surface area contributed by atoms with E-state index in [1.807, 2.05) is 12.3 Å². The highest BCUT2D eigenvalue weighted by molar-refractivity contribution is 7.89. The lowest BCUT2D eigenvalue weighted by Gasteiger charge is -2.11. The Morgan fingerprint density at radius 1 is 1.43 bits per heavy atom. The van der Waals surface area contributed by atoms with Gasteiger partial charge in [-0.05, 0) is 13.8 Å². The zero-order valence-corrected chi connectivity index (χ0v) is 13.7. The molecular weight excluding hydrogens is 312 g/mol. The maximum atomic E-state index is 12.4. The molecule has 0 saturated carbocycles. The lowest BCUT2D eigenvalue weighted by atomic mass is 10.2. The summed E-state index contributed by atoms with van der Waals surface area (Å²) >= 11 is 1.49. The lowest BCUT2D eigenvalue weighted by Crippen LogP contribution is -2.28. The third kappa shape index (κ3) is 3.34. The number of aliphatic hydroxyl groups excluding tert-OH is 1. The summed E-state index contributed by atoms with van der Waals surface area (Å²) in [7, 11) is -3.73. The molecule has 0 spiro atoms. The first-order chi connectivity index (χ1) is 9.86. The number of aryl methyl sites for hydroxylation is 2. The van der Waals surface area contributed by atoms with E-state index in [0.29, 0.717) is 11.3 Å². The molecule has 0 aromatic carbocycles. The van der Waals surface area contributed by atoms with Gasteiger partial charge in [-0.3, -0.25) is 0 Å². The van der Waals surface area contributed by atoms with Gasteiger partial charge in [-0.2, -0.15) is 0 Å². The van der Waals surface area contributed by atoms with Crippen molar-refractivity contribution >= 4 is 21.4 Å². The van der Waals surface area contributed by atoms with Crippen LogP contribution in [0.3, 0.4) is 0 Å². The Hall–Kier alpha value is -1.22. The summed E-state index contributed by atoms with van der Waals surface area (Å²) in [4.78, 5) is 4.21. The largest absolute Gasteiger partial charge is 0.465 e. The molecule has 0 bridgehead atoms. The van der Waals surface area contributed by atoms with Gasteiger partial charge in [-0.15, -0.1) is 11.3 Å². The first-order valence-corrected chi connectivity index (χ1v) is 8.82. The molecule has 0 aliphatic heterocycles. The van der Waals surface area contributed by atoms with E-state index in [1.165, 1.54) is 11.3 Å². The van der Waals surface area contributed by atoms with Crippen LogP contribution in [-0.4, -0.2) is 25.1 Å². The molecule has 0 aliphatic carbocycles. The van der Waals surface area contributed by atoms with Crippen LogP contribution in [0, 0.1) is 13.8 Å². The van der Waals surface area contributed by atoms with E-state index >= 15 is 0 Å². The van der Waals surface area contributed by atoms with E-state index < -0.39 is 10.0 Å². The van der Waals surface area contributed by atoms with Crippen molar-refractivity contribution in [1.82, 2.24) is 9.71 Å². The number of thiazole rings is 1. The Morgan fingerprint density at radius 2 is 2.14 bits per heavy atom. The van der Waals surface area contributed by atoms with Crippen molar-refractivity contribution in [2.45, 2.75) is 38.2 Å². The summed E-state index contributed by atoms with van der Waals surface area (Å²) in [6.45, 7) is 4.98. The van der Waals surface area contributed by atoms with Crippen LogP contribution in [0.1, 0.15) is 34.9 Å². The number of sulfonamides is 1. The summed E-state index contributed by atoms with van der Waals surface area (Å²) in [5, 5.41) is 12.1. The molecule has 1 atom stereocenters. The fourth-order valence-electron chi connectivity index (χ4n) is 2.12. The first-order valence-electron chi connectivity index (χ1n) is 6.45. The number of furan rings is 1. The molecule has 0 saturated heterocycles. The molecule has 6 nitrogen and oxygen atoms in total. The van der Waals surface area contributed by atoms with Gasteiger partial charge in [0.15, 0.2) is 0 Å².